The van der Waals surface area contributed by atoms with E-state index in [1.54, 1.807) is 19.3 Å². The highest BCUT2D eigenvalue weighted by molar-refractivity contribution is 9.10. The lowest BCUT2D eigenvalue weighted by atomic mass is 10.0. The van der Waals surface area contributed by atoms with Crippen LogP contribution in [-0.4, -0.2) is 24.5 Å². The van der Waals surface area contributed by atoms with Gasteiger partial charge in [-0.15, -0.1) is 0 Å². The molecule has 156 valence electrons. The maximum Gasteiger partial charge on any atom is 0.231 e. The minimum atomic E-state index is -0.106. The first kappa shape index (κ1) is 19.8. The van der Waals surface area contributed by atoms with Gasteiger partial charge < -0.3 is 14.2 Å². The Labute approximate surface area is 189 Å². The summed E-state index contributed by atoms with van der Waals surface area (Å²) in [4.78, 5) is 15.1. The van der Waals surface area contributed by atoms with Crippen molar-refractivity contribution in [1.29, 1.82) is 0 Å². The summed E-state index contributed by atoms with van der Waals surface area (Å²) in [7, 11) is 1.66. The number of ketones is 1. The molecule has 0 saturated carbocycles. The summed E-state index contributed by atoms with van der Waals surface area (Å²) < 4.78 is 18.2. The molecule has 0 atom stereocenters. The van der Waals surface area contributed by atoms with E-state index in [4.69, 9.17) is 14.2 Å². The number of nitrogens with zero attached hydrogens (tertiary/aromatic N) is 1. The van der Waals surface area contributed by atoms with Crippen molar-refractivity contribution in [3.8, 4) is 17.2 Å². The number of halogens is 1. The van der Waals surface area contributed by atoms with E-state index in [9.17, 15) is 4.79 Å². The van der Waals surface area contributed by atoms with Crippen LogP contribution in [0.1, 0.15) is 27.0 Å². The topological polar surface area (TPSA) is 48.0 Å². The van der Waals surface area contributed by atoms with Gasteiger partial charge in [-0.2, -0.15) is 0 Å². The highest BCUT2D eigenvalue weighted by Crippen LogP contribution is 2.42. The fraction of sp³-hybridized carbons (Fsp3) is 0.160. The van der Waals surface area contributed by atoms with Crippen LogP contribution in [-0.2, 0) is 13.1 Å². The molecule has 0 saturated heterocycles. The molecule has 2 aliphatic heterocycles. The number of benzene rings is 3. The molecule has 0 bridgehead atoms. The highest BCUT2D eigenvalue weighted by Gasteiger charge is 2.33. The van der Waals surface area contributed by atoms with Gasteiger partial charge in [0.2, 0.25) is 5.78 Å². The molecule has 2 aliphatic rings. The average Bonchev–Trinajstić information content (AvgIpc) is 3.10. The predicted octanol–water partition coefficient (Wildman–Crippen LogP) is 5.43. The van der Waals surface area contributed by atoms with Gasteiger partial charge in [0.25, 0.3) is 0 Å². The molecular weight excluding hydrogens is 458 g/mol. The Morgan fingerprint density at radius 2 is 1.97 bits per heavy atom. The van der Waals surface area contributed by atoms with Gasteiger partial charge in [-0.3, -0.25) is 9.69 Å². The molecular formula is C25H20BrNO4. The van der Waals surface area contributed by atoms with E-state index in [1.165, 1.54) is 0 Å². The molecule has 3 aromatic carbocycles. The predicted molar refractivity (Wildman–Crippen MR) is 121 cm³/mol. The Hall–Kier alpha value is -3.09. The van der Waals surface area contributed by atoms with E-state index in [-0.39, 0.29) is 5.78 Å². The standard InChI is InChI=1S/C25H20BrNO4/c1-29-19-7-5-16(6-8-19)13-27-14-21-22(30-15-27)10-9-20-24(28)23(31-25(20)21)12-17-3-2-4-18(26)11-17/h2-12H,13-15H2,1H3/b23-12-. The summed E-state index contributed by atoms with van der Waals surface area (Å²) in [6, 6.07) is 19.4. The number of ether oxygens (including phenoxy) is 3. The number of Topliss-reactive ketones (excluding diaryl/α,β-unsaturated/α-hetero) is 1. The second-order valence-electron chi connectivity index (χ2n) is 7.52. The zero-order chi connectivity index (χ0) is 21.4. The molecule has 5 nitrogen and oxygen atoms in total. The van der Waals surface area contributed by atoms with Gasteiger partial charge in [0, 0.05) is 17.6 Å². The molecule has 0 N–H and O–H groups in total. The van der Waals surface area contributed by atoms with E-state index in [2.05, 4.69) is 20.8 Å². The Kier molecular flexibility index (Phi) is 5.26. The van der Waals surface area contributed by atoms with Crippen molar-refractivity contribution in [3.63, 3.8) is 0 Å². The van der Waals surface area contributed by atoms with E-state index >= 15 is 0 Å². The van der Waals surface area contributed by atoms with Crippen LogP contribution in [0, 0.1) is 0 Å². The van der Waals surface area contributed by atoms with Crippen molar-refractivity contribution in [1.82, 2.24) is 4.90 Å². The van der Waals surface area contributed by atoms with Crippen LogP contribution in [0.2, 0.25) is 0 Å². The summed E-state index contributed by atoms with van der Waals surface area (Å²) in [5.41, 5.74) is 3.54. The fourth-order valence-corrected chi connectivity index (χ4v) is 4.26. The molecule has 0 radical (unpaired) electrons. The van der Waals surface area contributed by atoms with Crippen molar-refractivity contribution in [2.75, 3.05) is 13.8 Å². The van der Waals surface area contributed by atoms with Gasteiger partial charge in [-0.05, 0) is 53.6 Å². The summed E-state index contributed by atoms with van der Waals surface area (Å²) in [6.45, 7) is 1.84. The normalized spacial score (nSPS) is 16.5. The Balaban J connectivity index is 1.40. The number of fused-ring (bicyclic) bond motifs is 3. The molecule has 31 heavy (non-hydrogen) atoms. The Morgan fingerprint density at radius 1 is 1.13 bits per heavy atom. The lowest BCUT2D eigenvalue weighted by Crippen LogP contribution is -2.31. The van der Waals surface area contributed by atoms with E-state index in [0.29, 0.717) is 30.3 Å². The fourth-order valence-electron chi connectivity index (χ4n) is 3.84. The number of rotatable bonds is 4. The molecule has 0 aliphatic carbocycles. The molecule has 2 heterocycles. The van der Waals surface area contributed by atoms with E-state index in [1.807, 2.05) is 54.6 Å². The summed E-state index contributed by atoms with van der Waals surface area (Å²) in [6.07, 6.45) is 1.78. The van der Waals surface area contributed by atoms with Crippen LogP contribution in [0.4, 0.5) is 0 Å². The monoisotopic (exact) mass is 477 g/mol. The molecule has 0 unspecified atom stereocenters. The Bertz CT molecular complexity index is 1190. The van der Waals surface area contributed by atoms with Gasteiger partial charge in [0.15, 0.2) is 5.76 Å². The second-order valence-corrected chi connectivity index (χ2v) is 8.44. The minimum Gasteiger partial charge on any atom is -0.497 e. The highest BCUT2D eigenvalue weighted by atomic mass is 79.9. The van der Waals surface area contributed by atoms with Gasteiger partial charge in [-0.1, -0.05) is 40.2 Å². The number of carbonyl (C=O) groups excluding carboxylic acids is 1. The summed E-state index contributed by atoms with van der Waals surface area (Å²) >= 11 is 3.46. The van der Waals surface area contributed by atoms with Gasteiger partial charge in [0.1, 0.15) is 24.0 Å². The zero-order valence-corrected chi connectivity index (χ0v) is 18.5. The third-order valence-electron chi connectivity index (χ3n) is 5.39. The summed E-state index contributed by atoms with van der Waals surface area (Å²) in [5.74, 6) is 2.42. The number of hydrogen-bond acceptors (Lipinski definition) is 5. The number of carbonyl (C=O) groups is 1. The van der Waals surface area contributed by atoms with Crippen LogP contribution in [0.3, 0.4) is 0 Å². The molecule has 0 amide bonds. The van der Waals surface area contributed by atoms with E-state index < -0.39 is 0 Å². The van der Waals surface area contributed by atoms with Crippen molar-refractivity contribution in [2.45, 2.75) is 13.1 Å². The molecule has 3 aromatic rings. The maximum atomic E-state index is 12.9. The molecule has 5 rings (SSSR count). The van der Waals surface area contributed by atoms with E-state index in [0.717, 1.165) is 39.2 Å². The van der Waals surface area contributed by atoms with Crippen LogP contribution < -0.4 is 14.2 Å². The first-order chi connectivity index (χ1) is 15.1. The summed E-state index contributed by atoms with van der Waals surface area (Å²) in [5, 5.41) is 0. The molecule has 6 heteroatoms. The van der Waals surface area contributed by atoms with Crippen LogP contribution in [0.25, 0.3) is 6.08 Å². The van der Waals surface area contributed by atoms with Crippen molar-refractivity contribution < 1.29 is 19.0 Å². The van der Waals surface area contributed by atoms with Crippen LogP contribution in [0.15, 0.2) is 70.9 Å². The SMILES string of the molecule is COc1ccc(CN2COc3ccc4c(c3C2)O/C(=C\c2cccc(Br)c2)C4=O)cc1. The number of allylic oxidation sites excluding steroid dienone is 1. The van der Waals surface area contributed by atoms with Crippen molar-refractivity contribution >= 4 is 27.8 Å². The van der Waals surface area contributed by atoms with Crippen LogP contribution >= 0.6 is 15.9 Å². The zero-order valence-electron chi connectivity index (χ0n) is 16.9. The lowest BCUT2D eigenvalue weighted by molar-refractivity contribution is 0.0872. The Morgan fingerprint density at radius 3 is 2.74 bits per heavy atom. The largest absolute Gasteiger partial charge is 0.497 e. The first-order valence-electron chi connectivity index (χ1n) is 9.94. The molecule has 0 aromatic heterocycles. The third-order valence-corrected chi connectivity index (χ3v) is 5.89. The molecule has 0 fully saturated rings. The minimum absolute atomic E-state index is 0.106. The van der Waals surface area contributed by atoms with Crippen molar-refractivity contribution in [2.24, 2.45) is 0 Å². The third kappa shape index (κ3) is 3.96. The van der Waals surface area contributed by atoms with Crippen molar-refractivity contribution in [3.05, 3.63) is 93.1 Å². The van der Waals surface area contributed by atoms with Gasteiger partial charge in [0.05, 0.1) is 18.2 Å². The van der Waals surface area contributed by atoms with Gasteiger partial charge >= 0.3 is 0 Å². The number of methoxy groups -OCH3 is 1. The number of hydrogen-bond donors (Lipinski definition) is 0. The van der Waals surface area contributed by atoms with Gasteiger partial charge in [-0.25, -0.2) is 0 Å². The molecule has 0 spiro atoms. The lowest BCUT2D eigenvalue weighted by Gasteiger charge is -2.29. The maximum absolute atomic E-state index is 12.9. The second kappa shape index (κ2) is 8.21. The first-order valence-corrected chi connectivity index (χ1v) is 10.7. The smallest absolute Gasteiger partial charge is 0.231 e. The van der Waals surface area contributed by atoms with Crippen LogP contribution in [0.5, 0.6) is 17.2 Å². The average molecular weight is 478 g/mol. The quantitative estimate of drug-likeness (QED) is 0.469.